The maximum absolute atomic E-state index is 12.2. The van der Waals surface area contributed by atoms with Crippen LogP contribution >= 0.6 is 11.3 Å². The van der Waals surface area contributed by atoms with Gasteiger partial charge in [0.1, 0.15) is 5.75 Å². The van der Waals surface area contributed by atoms with Crippen LogP contribution in [0.4, 0.5) is 5.69 Å². The maximum atomic E-state index is 12.2. The Kier molecular flexibility index (Phi) is 4.65. The molecule has 2 heterocycles. The van der Waals surface area contributed by atoms with Crippen LogP contribution in [0.25, 0.3) is 10.4 Å². The molecule has 5 N–H and O–H groups in total. The molecule has 0 saturated heterocycles. The van der Waals surface area contributed by atoms with Crippen LogP contribution in [-0.4, -0.2) is 23.6 Å². The van der Waals surface area contributed by atoms with Crippen LogP contribution in [0.3, 0.4) is 0 Å². The van der Waals surface area contributed by atoms with Gasteiger partial charge in [-0.25, -0.2) is 4.79 Å². The fourth-order valence-corrected chi connectivity index (χ4v) is 5.34. The van der Waals surface area contributed by atoms with E-state index in [4.69, 9.17) is 10.6 Å². The van der Waals surface area contributed by atoms with E-state index in [-0.39, 0.29) is 17.9 Å². The summed E-state index contributed by atoms with van der Waals surface area (Å²) in [6.07, 6.45) is 2.67. The highest BCUT2D eigenvalue weighted by Gasteiger charge is 2.34. The lowest BCUT2D eigenvalue weighted by molar-refractivity contribution is -0.118. The number of hydrogen-bond acceptors (Lipinski definition) is 6. The summed E-state index contributed by atoms with van der Waals surface area (Å²) in [5, 5.41) is 12.8. The lowest BCUT2D eigenvalue weighted by Gasteiger charge is -2.29. The van der Waals surface area contributed by atoms with Crippen LogP contribution in [0.15, 0.2) is 12.1 Å². The van der Waals surface area contributed by atoms with Gasteiger partial charge in [0.25, 0.3) is 5.91 Å². The second-order valence-corrected chi connectivity index (χ2v) is 9.18. The van der Waals surface area contributed by atoms with Gasteiger partial charge in [0.2, 0.25) is 0 Å². The van der Waals surface area contributed by atoms with Crippen molar-refractivity contribution < 1.29 is 19.4 Å². The molecule has 1 amide bonds. The van der Waals surface area contributed by atoms with E-state index in [1.54, 1.807) is 17.4 Å². The number of amides is 1. The van der Waals surface area contributed by atoms with Crippen molar-refractivity contribution in [1.82, 2.24) is 5.43 Å². The second kappa shape index (κ2) is 6.88. The largest absolute Gasteiger partial charge is 0.482 e. The number of aryl methyl sites for hydroxylation is 1. The Morgan fingerprint density at radius 2 is 2.21 bits per heavy atom. The molecule has 8 heteroatoms. The fourth-order valence-electron chi connectivity index (χ4n) is 3.97. The number of carbonyl (C=O) groups excluding carboxylic acids is 1. The van der Waals surface area contributed by atoms with Crippen LogP contribution in [0, 0.1) is 5.41 Å². The Morgan fingerprint density at radius 1 is 1.43 bits per heavy atom. The molecule has 2 aliphatic rings. The van der Waals surface area contributed by atoms with Gasteiger partial charge in [0, 0.05) is 21.9 Å². The molecule has 2 aromatic rings. The summed E-state index contributed by atoms with van der Waals surface area (Å²) in [6.45, 7) is 4.64. The van der Waals surface area contributed by atoms with E-state index in [2.05, 4.69) is 24.6 Å². The number of hydrazine groups is 1. The SMILES string of the molecule is CC1(C)CCc2sc(-c3cc4c(cc3CNN)NC(=O)CO4)c(C(=O)O)c2C1. The minimum absolute atomic E-state index is 0.0537. The number of thiophene rings is 1. The van der Waals surface area contributed by atoms with Gasteiger partial charge in [-0.3, -0.25) is 16.1 Å². The minimum atomic E-state index is -0.913. The molecular formula is C20H23N3O4S. The van der Waals surface area contributed by atoms with Crippen LogP contribution in [0.1, 0.15) is 46.6 Å². The molecule has 0 saturated carbocycles. The fraction of sp³-hybridized carbons (Fsp3) is 0.400. The molecule has 0 unspecified atom stereocenters. The van der Waals surface area contributed by atoms with Crippen molar-refractivity contribution in [3.8, 4) is 16.2 Å². The molecule has 0 radical (unpaired) electrons. The van der Waals surface area contributed by atoms with Crippen molar-refractivity contribution >= 4 is 28.9 Å². The number of carboxylic acids is 1. The number of rotatable bonds is 4. The summed E-state index contributed by atoms with van der Waals surface area (Å²) in [4.78, 5) is 25.7. The van der Waals surface area contributed by atoms with Gasteiger partial charge < -0.3 is 15.2 Å². The van der Waals surface area contributed by atoms with Crippen LogP contribution in [-0.2, 0) is 24.2 Å². The minimum Gasteiger partial charge on any atom is -0.482 e. The maximum Gasteiger partial charge on any atom is 0.337 e. The molecule has 0 fully saturated rings. The predicted molar refractivity (Wildman–Crippen MR) is 108 cm³/mol. The molecular weight excluding hydrogens is 378 g/mol. The van der Waals surface area contributed by atoms with Crippen molar-refractivity contribution in [3.63, 3.8) is 0 Å². The number of nitrogens with two attached hydrogens (primary N) is 1. The first-order valence-corrected chi connectivity index (χ1v) is 10.0. The molecule has 1 aliphatic heterocycles. The second-order valence-electron chi connectivity index (χ2n) is 8.08. The average Bonchev–Trinajstić information content (AvgIpc) is 2.98. The number of benzene rings is 1. The number of ether oxygens (including phenoxy) is 1. The molecule has 1 aromatic carbocycles. The summed E-state index contributed by atoms with van der Waals surface area (Å²) in [5.74, 6) is 4.97. The van der Waals surface area contributed by atoms with Gasteiger partial charge in [-0.15, -0.1) is 11.3 Å². The zero-order valence-corrected chi connectivity index (χ0v) is 16.7. The number of aromatic carboxylic acids is 1. The number of fused-ring (bicyclic) bond motifs is 2. The van der Waals surface area contributed by atoms with Gasteiger partial charge in [-0.05, 0) is 47.9 Å². The third-order valence-electron chi connectivity index (χ3n) is 5.36. The Morgan fingerprint density at radius 3 is 2.93 bits per heavy atom. The first-order valence-electron chi connectivity index (χ1n) is 9.20. The third kappa shape index (κ3) is 3.28. The summed E-state index contributed by atoms with van der Waals surface area (Å²) >= 11 is 1.54. The lowest BCUT2D eigenvalue weighted by Crippen LogP contribution is -2.26. The number of nitrogens with one attached hydrogen (secondary N) is 2. The summed E-state index contributed by atoms with van der Waals surface area (Å²) in [7, 11) is 0. The summed E-state index contributed by atoms with van der Waals surface area (Å²) in [5.41, 5.74) is 6.22. The molecule has 1 aromatic heterocycles. The zero-order valence-electron chi connectivity index (χ0n) is 15.8. The van der Waals surface area contributed by atoms with Gasteiger partial charge in [0.15, 0.2) is 6.61 Å². The highest BCUT2D eigenvalue weighted by molar-refractivity contribution is 7.16. The van der Waals surface area contributed by atoms with Crippen LogP contribution in [0.2, 0.25) is 0 Å². The number of carbonyl (C=O) groups is 2. The molecule has 28 heavy (non-hydrogen) atoms. The highest BCUT2D eigenvalue weighted by Crippen LogP contribution is 2.47. The third-order valence-corrected chi connectivity index (χ3v) is 6.69. The normalized spacial score (nSPS) is 17.3. The number of anilines is 1. The van der Waals surface area contributed by atoms with Crippen molar-refractivity contribution in [2.75, 3.05) is 11.9 Å². The Balaban J connectivity index is 1.90. The lowest BCUT2D eigenvalue weighted by atomic mass is 9.76. The van der Waals surface area contributed by atoms with E-state index < -0.39 is 5.97 Å². The van der Waals surface area contributed by atoms with Crippen molar-refractivity contribution in [2.24, 2.45) is 11.3 Å². The number of hydrogen-bond donors (Lipinski definition) is 4. The topological polar surface area (TPSA) is 114 Å². The first kappa shape index (κ1) is 18.9. The Bertz CT molecular complexity index is 980. The molecule has 148 valence electrons. The first-order chi connectivity index (χ1) is 13.3. The van der Waals surface area contributed by atoms with E-state index in [1.165, 1.54) is 0 Å². The zero-order chi connectivity index (χ0) is 20.1. The standard InChI is InChI=1S/C20H23N3O4S/c1-20(2)4-3-15-12(7-20)17(19(25)26)18(28-15)11-6-14-13(5-10(11)8-22-21)23-16(24)9-27-14/h5-6,22H,3-4,7-9,21H2,1-2H3,(H,23,24)(H,25,26). The van der Waals surface area contributed by atoms with E-state index in [0.717, 1.165) is 45.7 Å². The van der Waals surface area contributed by atoms with Gasteiger partial charge in [-0.1, -0.05) is 13.8 Å². The van der Waals surface area contributed by atoms with E-state index >= 15 is 0 Å². The molecule has 7 nitrogen and oxygen atoms in total. The predicted octanol–water partition coefficient (Wildman–Crippen LogP) is 2.92. The molecule has 1 aliphatic carbocycles. The van der Waals surface area contributed by atoms with Crippen LogP contribution in [0.5, 0.6) is 5.75 Å². The molecule has 0 spiro atoms. The smallest absolute Gasteiger partial charge is 0.337 e. The quantitative estimate of drug-likeness (QED) is 0.463. The number of carboxylic acid groups (broad SMARTS) is 1. The summed E-state index contributed by atoms with van der Waals surface area (Å²) < 4.78 is 5.56. The Labute approximate surface area is 166 Å². The van der Waals surface area contributed by atoms with Crippen LogP contribution < -0.4 is 21.3 Å². The van der Waals surface area contributed by atoms with Crippen molar-refractivity contribution in [3.05, 3.63) is 33.7 Å². The molecule has 4 rings (SSSR count). The molecule has 0 atom stereocenters. The average molecular weight is 401 g/mol. The van der Waals surface area contributed by atoms with Gasteiger partial charge >= 0.3 is 5.97 Å². The van der Waals surface area contributed by atoms with Crippen molar-refractivity contribution in [1.29, 1.82) is 0 Å². The van der Waals surface area contributed by atoms with E-state index in [1.807, 2.05) is 6.07 Å². The highest BCUT2D eigenvalue weighted by atomic mass is 32.1. The van der Waals surface area contributed by atoms with Gasteiger partial charge in [0.05, 0.1) is 11.3 Å². The summed E-state index contributed by atoms with van der Waals surface area (Å²) in [6, 6.07) is 3.62. The van der Waals surface area contributed by atoms with E-state index in [9.17, 15) is 14.7 Å². The Hall–Kier alpha value is -2.42. The van der Waals surface area contributed by atoms with E-state index in [0.29, 0.717) is 23.5 Å². The van der Waals surface area contributed by atoms with Crippen molar-refractivity contribution in [2.45, 2.75) is 39.7 Å². The van der Waals surface area contributed by atoms with Gasteiger partial charge in [-0.2, -0.15) is 0 Å². The molecule has 0 bridgehead atoms. The monoisotopic (exact) mass is 401 g/mol.